The van der Waals surface area contributed by atoms with Crippen LogP contribution in [0.25, 0.3) is 0 Å². The number of hydrogen-bond acceptors (Lipinski definition) is 3. The number of rotatable bonds is 1. The van der Waals surface area contributed by atoms with Crippen LogP contribution in [0.3, 0.4) is 0 Å². The van der Waals surface area contributed by atoms with Crippen molar-refractivity contribution in [2.24, 2.45) is 5.92 Å². The van der Waals surface area contributed by atoms with Crippen LogP contribution in [-0.2, 0) is 14.3 Å². The van der Waals surface area contributed by atoms with Gasteiger partial charge in [0.25, 0.3) is 0 Å². The number of ether oxygens (including phenoxy) is 2. The van der Waals surface area contributed by atoms with Gasteiger partial charge in [-0.05, 0) is 0 Å². The molecule has 0 amide bonds. The van der Waals surface area contributed by atoms with Crippen molar-refractivity contribution in [1.29, 1.82) is 0 Å². The van der Waals surface area contributed by atoms with E-state index in [9.17, 15) is 9.18 Å². The lowest BCUT2D eigenvalue weighted by molar-refractivity contribution is -0.153. The van der Waals surface area contributed by atoms with Crippen molar-refractivity contribution >= 4 is 5.97 Å². The van der Waals surface area contributed by atoms with E-state index < -0.39 is 18.1 Å². The van der Waals surface area contributed by atoms with Gasteiger partial charge >= 0.3 is 5.97 Å². The molecular formula is C7H11FO3. The number of halogens is 1. The molecule has 2 atom stereocenters. The van der Waals surface area contributed by atoms with Gasteiger partial charge in [0.1, 0.15) is 12.1 Å². The van der Waals surface area contributed by atoms with Crippen molar-refractivity contribution in [1.82, 2.24) is 0 Å². The van der Waals surface area contributed by atoms with E-state index in [1.165, 1.54) is 7.11 Å². The van der Waals surface area contributed by atoms with Crippen LogP contribution in [0, 0.1) is 5.92 Å². The highest BCUT2D eigenvalue weighted by molar-refractivity contribution is 5.73. The normalized spacial score (nSPS) is 31.5. The SMILES string of the molecule is COC(=O)[C@@H]1COCC[C@H]1F. The Morgan fingerprint density at radius 3 is 3.00 bits per heavy atom. The summed E-state index contributed by atoms with van der Waals surface area (Å²) in [6, 6.07) is 0. The molecule has 0 saturated carbocycles. The average molecular weight is 162 g/mol. The van der Waals surface area contributed by atoms with E-state index in [0.29, 0.717) is 13.0 Å². The fraction of sp³-hybridized carbons (Fsp3) is 0.857. The van der Waals surface area contributed by atoms with Crippen molar-refractivity contribution in [3.05, 3.63) is 0 Å². The Bertz CT molecular complexity index is 149. The third-order valence-corrected chi connectivity index (χ3v) is 1.78. The Morgan fingerprint density at radius 1 is 1.73 bits per heavy atom. The van der Waals surface area contributed by atoms with E-state index in [1.807, 2.05) is 0 Å². The summed E-state index contributed by atoms with van der Waals surface area (Å²) in [7, 11) is 1.25. The van der Waals surface area contributed by atoms with Crippen LogP contribution in [0.15, 0.2) is 0 Å². The summed E-state index contributed by atoms with van der Waals surface area (Å²) in [5, 5.41) is 0. The maximum absolute atomic E-state index is 12.9. The molecule has 11 heavy (non-hydrogen) atoms. The minimum atomic E-state index is -1.10. The lowest BCUT2D eigenvalue weighted by atomic mass is 10.0. The van der Waals surface area contributed by atoms with Crippen molar-refractivity contribution in [2.75, 3.05) is 20.3 Å². The summed E-state index contributed by atoms with van der Waals surface area (Å²) in [6.45, 7) is 0.544. The number of carbonyl (C=O) groups is 1. The predicted octanol–water partition coefficient (Wildman–Crippen LogP) is 0.534. The predicted molar refractivity (Wildman–Crippen MR) is 35.8 cm³/mol. The molecule has 1 aliphatic heterocycles. The Balaban J connectivity index is 2.47. The van der Waals surface area contributed by atoms with Gasteiger partial charge in [-0.1, -0.05) is 0 Å². The molecule has 0 aromatic carbocycles. The van der Waals surface area contributed by atoms with Crippen LogP contribution < -0.4 is 0 Å². The quantitative estimate of drug-likeness (QED) is 0.528. The highest BCUT2D eigenvalue weighted by Gasteiger charge is 2.32. The topological polar surface area (TPSA) is 35.5 Å². The zero-order valence-electron chi connectivity index (χ0n) is 6.38. The van der Waals surface area contributed by atoms with Crippen molar-refractivity contribution in [3.8, 4) is 0 Å². The van der Waals surface area contributed by atoms with E-state index >= 15 is 0 Å². The summed E-state index contributed by atoms with van der Waals surface area (Å²) in [4.78, 5) is 10.8. The minimum Gasteiger partial charge on any atom is -0.469 e. The van der Waals surface area contributed by atoms with E-state index in [-0.39, 0.29) is 6.61 Å². The van der Waals surface area contributed by atoms with E-state index in [0.717, 1.165) is 0 Å². The van der Waals surface area contributed by atoms with Crippen LogP contribution in [-0.4, -0.2) is 32.5 Å². The highest BCUT2D eigenvalue weighted by atomic mass is 19.1. The molecule has 3 nitrogen and oxygen atoms in total. The Hall–Kier alpha value is -0.640. The highest BCUT2D eigenvalue weighted by Crippen LogP contribution is 2.18. The van der Waals surface area contributed by atoms with Gasteiger partial charge in [-0.15, -0.1) is 0 Å². The molecule has 4 heteroatoms. The van der Waals surface area contributed by atoms with Crippen LogP contribution in [0.1, 0.15) is 6.42 Å². The average Bonchev–Trinajstić information content (AvgIpc) is 2.04. The summed E-state index contributed by atoms with van der Waals surface area (Å²) in [5.74, 6) is -1.23. The second-order valence-electron chi connectivity index (χ2n) is 2.51. The van der Waals surface area contributed by atoms with Gasteiger partial charge in [0.05, 0.1) is 13.7 Å². The van der Waals surface area contributed by atoms with Gasteiger partial charge < -0.3 is 9.47 Å². The molecule has 1 rings (SSSR count). The molecular weight excluding hydrogens is 151 g/mol. The minimum absolute atomic E-state index is 0.147. The van der Waals surface area contributed by atoms with Gasteiger partial charge in [-0.3, -0.25) is 4.79 Å². The van der Waals surface area contributed by atoms with Crippen LogP contribution in [0.2, 0.25) is 0 Å². The molecule has 0 spiro atoms. The maximum atomic E-state index is 12.9. The van der Waals surface area contributed by atoms with Gasteiger partial charge in [0, 0.05) is 13.0 Å². The summed E-state index contributed by atoms with van der Waals surface area (Å²) >= 11 is 0. The molecule has 0 N–H and O–H groups in total. The van der Waals surface area contributed by atoms with Crippen molar-refractivity contribution in [2.45, 2.75) is 12.6 Å². The molecule has 1 heterocycles. The molecule has 0 radical (unpaired) electrons. The van der Waals surface area contributed by atoms with Gasteiger partial charge in [0.2, 0.25) is 0 Å². The zero-order valence-corrected chi connectivity index (χ0v) is 6.38. The number of esters is 1. The monoisotopic (exact) mass is 162 g/mol. The van der Waals surface area contributed by atoms with Gasteiger partial charge in [-0.25, -0.2) is 4.39 Å². The molecule has 1 aliphatic rings. The summed E-state index contributed by atoms with van der Waals surface area (Å²) in [5.41, 5.74) is 0. The molecule has 64 valence electrons. The molecule has 0 aromatic heterocycles. The Labute approximate surface area is 64.5 Å². The van der Waals surface area contributed by atoms with Crippen LogP contribution >= 0.6 is 0 Å². The maximum Gasteiger partial charge on any atom is 0.313 e. The van der Waals surface area contributed by atoms with Crippen LogP contribution in [0.4, 0.5) is 4.39 Å². The second-order valence-corrected chi connectivity index (χ2v) is 2.51. The molecule has 1 saturated heterocycles. The van der Waals surface area contributed by atoms with Gasteiger partial charge in [0.15, 0.2) is 0 Å². The fourth-order valence-electron chi connectivity index (χ4n) is 1.08. The molecule has 0 aliphatic carbocycles. The number of hydrogen-bond donors (Lipinski definition) is 0. The number of methoxy groups -OCH3 is 1. The van der Waals surface area contributed by atoms with Gasteiger partial charge in [-0.2, -0.15) is 0 Å². The molecule has 0 aromatic rings. The third kappa shape index (κ3) is 1.89. The smallest absolute Gasteiger partial charge is 0.313 e. The first-order valence-corrected chi connectivity index (χ1v) is 3.55. The number of alkyl halides is 1. The standard InChI is InChI=1S/C7H11FO3/c1-10-7(9)5-4-11-3-2-6(5)8/h5-6H,2-4H2,1H3/t5-,6-/m1/s1. The van der Waals surface area contributed by atoms with Crippen LogP contribution in [0.5, 0.6) is 0 Å². The number of carbonyl (C=O) groups excluding carboxylic acids is 1. The van der Waals surface area contributed by atoms with E-state index in [1.54, 1.807) is 0 Å². The lowest BCUT2D eigenvalue weighted by Crippen LogP contribution is -2.35. The molecule has 1 fully saturated rings. The fourth-order valence-corrected chi connectivity index (χ4v) is 1.08. The first kappa shape index (κ1) is 8.46. The first-order valence-electron chi connectivity index (χ1n) is 3.55. The second kappa shape index (κ2) is 3.67. The molecule has 0 bridgehead atoms. The van der Waals surface area contributed by atoms with Crippen molar-refractivity contribution in [3.63, 3.8) is 0 Å². The first-order chi connectivity index (χ1) is 5.25. The zero-order chi connectivity index (χ0) is 8.27. The summed E-state index contributed by atoms with van der Waals surface area (Å²) in [6.07, 6.45) is -0.809. The third-order valence-electron chi connectivity index (χ3n) is 1.78. The van der Waals surface area contributed by atoms with Crippen molar-refractivity contribution < 1.29 is 18.7 Å². The largest absolute Gasteiger partial charge is 0.469 e. The summed E-state index contributed by atoms with van der Waals surface area (Å²) < 4.78 is 22.2. The Kier molecular flexibility index (Phi) is 2.82. The van der Waals surface area contributed by atoms with E-state index in [2.05, 4.69) is 4.74 Å². The molecule has 0 unspecified atom stereocenters. The Morgan fingerprint density at radius 2 is 2.45 bits per heavy atom. The van der Waals surface area contributed by atoms with E-state index in [4.69, 9.17) is 4.74 Å². The lowest BCUT2D eigenvalue weighted by Gasteiger charge is -2.23.